The van der Waals surface area contributed by atoms with Gasteiger partial charge < -0.3 is 10.1 Å². The minimum Gasteiger partial charge on any atom is -0.483 e. The van der Waals surface area contributed by atoms with E-state index in [-0.39, 0.29) is 18.6 Å². The molecule has 26 heavy (non-hydrogen) atoms. The predicted octanol–water partition coefficient (Wildman–Crippen LogP) is 4.59. The van der Waals surface area contributed by atoms with E-state index in [1.807, 2.05) is 92.7 Å². The molecule has 3 rings (SSSR count). The van der Waals surface area contributed by atoms with Gasteiger partial charge in [-0.3, -0.25) is 4.79 Å². The molecule has 0 radical (unpaired) electrons. The van der Waals surface area contributed by atoms with E-state index in [4.69, 9.17) is 4.74 Å². The Morgan fingerprint density at radius 1 is 0.846 bits per heavy atom. The van der Waals surface area contributed by atoms with Gasteiger partial charge in [0.1, 0.15) is 5.75 Å². The van der Waals surface area contributed by atoms with Crippen molar-refractivity contribution in [2.75, 3.05) is 6.61 Å². The SMILES string of the molecule is Cc1cccc(OCC(=O)NC(c2ccccc2)c2ccccc2)c1C. The third-order valence-corrected chi connectivity index (χ3v) is 4.48. The van der Waals surface area contributed by atoms with Crippen molar-refractivity contribution in [1.82, 2.24) is 5.32 Å². The number of hydrogen-bond acceptors (Lipinski definition) is 2. The van der Waals surface area contributed by atoms with Gasteiger partial charge in [-0.25, -0.2) is 0 Å². The van der Waals surface area contributed by atoms with Crippen LogP contribution in [0, 0.1) is 13.8 Å². The number of ether oxygens (including phenoxy) is 1. The molecule has 132 valence electrons. The van der Waals surface area contributed by atoms with E-state index < -0.39 is 0 Å². The highest BCUT2D eigenvalue weighted by Crippen LogP contribution is 2.23. The molecule has 0 aliphatic rings. The molecule has 0 atom stereocenters. The van der Waals surface area contributed by atoms with E-state index >= 15 is 0 Å². The molecule has 0 saturated carbocycles. The normalized spacial score (nSPS) is 10.6. The van der Waals surface area contributed by atoms with Crippen LogP contribution in [-0.4, -0.2) is 12.5 Å². The highest BCUT2D eigenvalue weighted by molar-refractivity contribution is 5.78. The second-order valence-corrected chi connectivity index (χ2v) is 6.31. The second kappa shape index (κ2) is 8.34. The van der Waals surface area contributed by atoms with Crippen molar-refractivity contribution in [2.45, 2.75) is 19.9 Å². The van der Waals surface area contributed by atoms with Gasteiger partial charge in [-0.05, 0) is 42.2 Å². The molecule has 3 aromatic carbocycles. The molecule has 0 fully saturated rings. The largest absolute Gasteiger partial charge is 0.483 e. The first-order valence-electron chi connectivity index (χ1n) is 8.73. The molecule has 1 N–H and O–H groups in total. The fourth-order valence-corrected chi connectivity index (χ4v) is 2.88. The summed E-state index contributed by atoms with van der Waals surface area (Å²) in [6.45, 7) is 4.02. The zero-order valence-corrected chi connectivity index (χ0v) is 15.1. The number of rotatable bonds is 6. The van der Waals surface area contributed by atoms with Gasteiger partial charge in [0.05, 0.1) is 6.04 Å². The van der Waals surface area contributed by atoms with Gasteiger partial charge in [-0.2, -0.15) is 0 Å². The van der Waals surface area contributed by atoms with Gasteiger partial charge in [-0.1, -0.05) is 72.8 Å². The number of aryl methyl sites for hydroxylation is 1. The Labute approximate surface area is 154 Å². The second-order valence-electron chi connectivity index (χ2n) is 6.31. The first-order chi connectivity index (χ1) is 12.6. The Morgan fingerprint density at radius 2 is 1.42 bits per heavy atom. The molecule has 1 amide bonds. The van der Waals surface area contributed by atoms with Gasteiger partial charge in [0.15, 0.2) is 6.61 Å². The lowest BCUT2D eigenvalue weighted by Gasteiger charge is -2.20. The topological polar surface area (TPSA) is 38.3 Å². The maximum atomic E-state index is 12.5. The first kappa shape index (κ1) is 17.7. The summed E-state index contributed by atoms with van der Waals surface area (Å²) >= 11 is 0. The summed E-state index contributed by atoms with van der Waals surface area (Å²) in [5.41, 5.74) is 4.29. The average Bonchev–Trinajstić information content (AvgIpc) is 2.68. The number of amides is 1. The van der Waals surface area contributed by atoms with Crippen LogP contribution in [0.5, 0.6) is 5.75 Å². The van der Waals surface area contributed by atoms with Crippen LogP contribution in [0.4, 0.5) is 0 Å². The molecule has 3 heteroatoms. The number of benzene rings is 3. The molecule has 0 bridgehead atoms. The van der Waals surface area contributed by atoms with E-state index in [0.29, 0.717) is 0 Å². The quantitative estimate of drug-likeness (QED) is 0.710. The van der Waals surface area contributed by atoms with Crippen LogP contribution in [0.3, 0.4) is 0 Å². The lowest BCUT2D eigenvalue weighted by atomic mass is 9.99. The zero-order chi connectivity index (χ0) is 18.4. The Balaban J connectivity index is 1.73. The summed E-state index contributed by atoms with van der Waals surface area (Å²) in [6, 6.07) is 25.6. The van der Waals surface area contributed by atoms with Crippen LogP contribution in [-0.2, 0) is 4.79 Å². The highest BCUT2D eigenvalue weighted by Gasteiger charge is 2.17. The van der Waals surface area contributed by atoms with Crippen LogP contribution in [0.2, 0.25) is 0 Å². The van der Waals surface area contributed by atoms with E-state index in [0.717, 1.165) is 28.0 Å². The molecule has 0 unspecified atom stereocenters. The lowest BCUT2D eigenvalue weighted by molar-refractivity contribution is -0.123. The van der Waals surface area contributed by atoms with Crippen LogP contribution in [0.25, 0.3) is 0 Å². The molecule has 0 spiro atoms. The van der Waals surface area contributed by atoms with Gasteiger partial charge >= 0.3 is 0 Å². The Morgan fingerprint density at radius 3 is 2.00 bits per heavy atom. The van der Waals surface area contributed by atoms with Crippen molar-refractivity contribution in [3.63, 3.8) is 0 Å². The van der Waals surface area contributed by atoms with Crippen LogP contribution in [0.1, 0.15) is 28.3 Å². The van der Waals surface area contributed by atoms with E-state index in [1.54, 1.807) is 0 Å². The number of carbonyl (C=O) groups excluding carboxylic acids is 1. The van der Waals surface area contributed by atoms with Crippen molar-refractivity contribution in [1.29, 1.82) is 0 Å². The smallest absolute Gasteiger partial charge is 0.258 e. The maximum absolute atomic E-state index is 12.5. The molecule has 0 aliphatic heterocycles. The van der Waals surface area contributed by atoms with E-state index in [1.165, 1.54) is 0 Å². The van der Waals surface area contributed by atoms with Crippen LogP contribution >= 0.6 is 0 Å². The molecule has 3 nitrogen and oxygen atoms in total. The molecule has 0 aliphatic carbocycles. The van der Waals surface area contributed by atoms with Gasteiger partial charge in [0, 0.05) is 0 Å². The molecule has 3 aromatic rings. The summed E-state index contributed by atoms with van der Waals surface area (Å²) in [5.74, 6) is 0.597. The predicted molar refractivity (Wildman–Crippen MR) is 104 cm³/mol. The third kappa shape index (κ3) is 4.31. The van der Waals surface area contributed by atoms with E-state index in [2.05, 4.69) is 5.32 Å². The number of nitrogens with one attached hydrogen (secondary N) is 1. The summed E-state index contributed by atoms with van der Waals surface area (Å²) in [5, 5.41) is 3.09. The highest BCUT2D eigenvalue weighted by atomic mass is 16.5. The van der Waals surface area contributed by atoms with Crippen molar-refractivity contribution in [3.05, 3.63) is 101 Å². The van der Waals surface area contributed by atoms with Gasteiger partial charge in [0.2, 0.25) is 0 Å². The maximum Gasteiger partial charge on any atom is 0.258 e. The fraction of sp³-hybridized carbons (Fsp3) is 0.174. The average molecular weight is 345 g/mol. The summed E-state index contributed by atoms with van der Waals surface area (Å²) in [7, 11) is 0. The zero-order valence-electron chi connectivity index (χ0n) is 15.1. The molecule has 0 aromatic heterocycles. The van der Waals surface area contributed by atoms with Gasteiger partial charge in [-0.15, -0.1) is 0 Å². The summed E-state index contributed by atoms with van der Waals surface area (Å²) in [4.78, 5) is 12.5. The minimum absolute atomic E-state index is 0.0134. The van der Waals surface area contributed by atoms with Gasteiger partial charge in [0.25, 0.3) is 5.91 Å². The monoisotopic (exact) mass is 345 g/mol. The van der Waals surface area contributed by atoms with Crippen molar-refractivity contribution >= 4 is 5.91 Å². The summed E-state index contributed by atoms with van der Waals surface area (Å²) in [6.07, 6.45) is 0. The Bertz CT molecular complexity index is 820. The van der Waals surface area contributed by atoms with Crippen LogP contribution < -0.4 is 10.1 Å². The fourth-order valence-electron chi connectivity index (χ4n) is 2.88. The minimum atomic E-state index is -0.202. The number of carbonyl (C=O) groups is 1. The Hall–Kier alpha value is -3.07. The molecular formula is C23H23NO2. The lowest BCUT2D eigenvalue weighted by Crippen LogP contribution is -2.33. The Kier molecular flexibility index (Phi) is 5.69. The van der Waals surface area contributed by atoms with Crippen molar-refractivity contribution < 1.29 is 9.53 Å². The van der Waals surface area contributed by atoms with Crippen molar-refractivity contribution in [2.24, 2.45) is 0 Å². The summed E-state index contributed by atoms with van der Waals surface area (Å²) < 4.78 is 5.74. The van der Waals surface area contributed by atoms with Crippen molar-refractivity contribution in [3.8, 4) is 5.75 Å². The molecule has 0 saturated heterocycles. The third-order valence-electron chi connectivity index (χ3n) is 4.48. The molecular weight excluding hydrogens is 322 g/mol. The van der Waals surface area contributed by atoms with Crippen LogP contribution in [0.15, 0.2) is 78.9 Å². The van der Waals surface area contributed by atoms with E-state index in [9.17, 15) is 4.79 Å². The standard InChI is InChI=1S/C23H23NO2/c1-17-10-9-15-21(18(17)2)26-16-22(25)24-23(19-11-5-3-6-12-19)20-13-7-4-8-14-20/h3-15,23H,16H2,1-2H3,(H,24,25). The molecule has 0 heterocycles. The first-order valence-corrected chi connectivity index (χ1v) is 8.73. The number of hydrogen-bond donors (Lipinski definition) is 1.